The van der Waals surface area contributed by atoms with Crippen molar-refractivity contribution in [3.05, 3.63) is 46.6 Å². The van der Waals surface area contributed by atoms with Crippen LogP contribution in [0.3, 0.4) is 0 Å². The Morgan fingerprint density at radius 1 is 1.33 bits per heavy atom. The monoisotopic (exact) mass is 317 g/mol. The van der Waals surface area contributed by atoms with E-state index in [4.69, 9.17) is 4.98 Å². The van der Waals surface area contributed by atoms with Crippen molar-refractivity contribution in [2.75, 3.05) is 6.54 Å². The van der Waals surface area contributed by atoms with Gasteiger partial charge in [-0.25, -0.2) is 4.98 Å². The molecule has 21 heavy (non-hydrogen) atoms. The molecule has 110 valence electrons. The van der Waals surface area contributed by atoms with E-state index in [2.05, 4.69) is 60.3 Å². The van der Waals surface area contributed by atoms with Crippen molar-refractivity contribution in [1.29, 1.82) is 0 Å². The number of rotatable bonds is 5. The van der Waals surface area contributed by atoms with Gasteiger partial charge in [-0.15, -0.1) is 11.3 Å². The summed E-state index contributed by atoms with van der Waals surface area (Å²) in [7, 11) is 0. The van der Waals surface area contributed by atoms with E-state index in [1.807, 2.05) is 0 Å². The van der Waals surface area contributed by atoms with Crippen molar-refractivity contribution in [3.63, 3.8) is 0 Å². The first-order valence-electron chi connectivity index (χ1n) is 7.09. The molecule has 0 amide bonds. The van der Waals surface area contributed by atoms with Gasteiger partial charge in [0.05, 0.1) is 5.69 Å². The molecule has 0 aliphatic rings. The second-order valence-electron chi connectivity index (χ2n) is 5.07. The Morgan fingerprint density at radius 2 is 2.19 bits per heavy atom. The second-order valence-corrected chi connectivity index (χ2v) is 6.97. The van der Waals surface area contributed by atoms with E-state index in [0.29, 0.717) is 0 Å². The average molecular weight is 317 g/mol. The van der Waals surface area contributed by atoms with Crippen LogP contribution < -0.4 is 5.32 Å². The number of fused-ring (bicyclic) bond motifs is 1. The first kappa shape index (κ1) is 14.6. The van der Waals surface area contributed by atoms with Gasteiger partial charge in [-0.2, -0.15) is 0 Å². The molecule has 0 bridgehead atoms. The number of nitrogens with zero attached hydrogens (tertiary/aromatic N) is 2. The standard InChI is InChI=1S/C16H19N3S2/c1-4-17-10-13-15(18-16-19(13)7-8-20-16)21-14-9-11(2)5-6-12(14)3/h5-9,17H,4,10H2,1-3H3. The number of hydrogen-bond acceptors (Lipinski definition) is 4. The molecule has 0 fully saturated rings. The third kappa shape index (κ3) is 3.00. The number of aryl methyl sites for hydroxylation is 2. The van der Waals surface area contributed by atoms with Gasteiger partial charge >= 0.3 is 0 Å². The lowest BCUT2D eigenvalue weighted by atomic mass is 10.2. The summed E-state index contributed by atoms with van der Waals surface area (Å²) < 4.78 is 2.20. The molecule has 0 radical (unpaired) electrons. The lowest BCUT2D eigenvalue weighted by molar-refractivity contribution is 0.694. The Kier molecular flexibility index (Phi) is 4.33. The summed E-state index contributed by atoms with van der Waals surface area (Å²) >= 11 is 3.45. The predicted octanol–water partition coefficient (Wildman–Crippen LogP) is 4.27. The van der Waals surface area contributed by atoms with Crippen molar-refractivity contribution in [1.82, 2.24) is 14.7 Å². The SMILES string of the molecule is CCNCc1c(Sc2cc(C)ccc2C)nc2sccn12. The largest absolute Gasteiger partial charge is 0.311 e. The quantitative estimate of drug-likeness (QED) is 0.762. The smallest absolute Gasteiger partial charge is 0.194 e. The molecule has 3 nitrogen and oxygen atoms in total. The van der Waals surface area contributed by atoms with E-state index >= 15 is 0 Å². The predicted molar refractivity (Wildman–Crippen MR) is 90.5 cm³/mol. The van der Waals surface area contributed by atoms with Crippen LogP contribution in [0.5, 0.6) is 0 Å². The van der Waals surface area contributed by atoms with Crippen molar-refractivity contribution in [2.24, 2.45) is 0 Å². The number of nitrogens with one attached hydrogen (secondary N) is 1. The van der Waals surface area contributed by atoms with E-state index in [1.165, 1.54) is 21.7 Å². The van der Waals surface area contributed by atoms with Crippen LogP contribution in [0.1, 0.15) is 23.7 Å². The van der Waals surface area contributed by atoms with E-state index in [9.17, 15) is 0 Å². The summed E-state index contributed by atoms with van der Waals surface area (Å²) in [5.41, 5.74) is 3.84. The fourth-order valence-corrected chi connectivity index (χ4v) is 4.11. The van der Waals surface area contributed by atoms with Gasteiger partial charge in [-0.05, 0) is 37.6 Å². The average Bonchev–Trinajstić information content (AvgIpc) is 3.02. The van der Waals surface area contributed by atoms with Crippen molar-refractivity contribution < 1.29 is 0 Å². The third-order valence-corrected chi connectivity index (χ3v) is 5.35. The van der Waals surface area contributed by atoms with Crippen LogP contribution in [0, 0.1) is 13.8 Å². The van der Waals surface area contributed by atoms with E-state index in [-0.39, 0.29) is 0 Å². The summed E-state index contributed by atoms with van der Waals surface area (Å²) in [5, 5.41) is 6.61. The van der Waals surface area contributed by atoms with E-state index < -0.39 is 0 Å². The van der Waals surface area contributed by atoms with Crippen molar-refractivity contribution in [3.8, 4) is 0 Å². The van der Waals surface area contributed by atoms with Gasteiger partial charge in [0.1, 0.15) is 5.03 Å². The number of hydrogen-bond donors (Lipinski definition) is 1. The van der Waals surface area contributed by atoms with Crippen LogP contribution >= 0.6 is 23.1 Å². The highest BCUT2D eigenvalue weighted by atomic mass is 32.2. The molecule has 5 heteroatoms. The minimum absolute atomic E-state index is 0.849. The number of benzene rings is 1. The summed E-state index contributed by atoms with van der Waals surface area (Å²) in [5.74, 6) is 0. The Hall–Kier alpha value is -1.30. The van der Waals surface area contributed by atoms with Gasteiger partial charge in [0.25, 0.3) is 0 Å². The van der Waals surface area contributed by atoms with Gasteiger partial charge in [-0.1, -0.05) is 30.8 Å². The lowest BCUT2D eigenvalue weighted by Crippen LogP contribution is -2.13. The Balaban J connectivity index is 1.99. The molecule has 0 saturated carbocycles. The highest BCUT2D eigenvalue weighted by molar-refractivity contribution is 7.99. The molecule has 1 N–H and O–H groups in total. The first-order valence-corrected chi connectivity index (χ1v) is 8.79. The summed E-state index contributed by atoms with van der Waals surface area (Å²) in [6, 6.07) is 6.58. The summed E-state index contributed by atoms with van der Waals surface area (Å²) in [4.78, 5) is 7.15. The van der Waals surface area contributed by atoms with Crippen LogP contribution in [0.25, 0.3) is 4.96 Å². The van der Waals surface area contributed by atoms with Crippen molar-refractivity contribution >= 4 is 28.1 Å². The molecule has 0 saturated heterocycles. The van der Waals surface area contributed by atoms with Gasteiger partial charge in [-0.3, -0.25) is 4.40 Å². The third-order valence-electron chi connectivity index (χ3n) is 3.42. The molecule has 3 aromatic rings. The first-order chi connectivity index (χ1) is 10.2. The highest BCUT2D eigenvalue weighted by Gasteiger charge is 2.14. The number of aromatic nitrogens is 2. The zero-order valence-corrected chi connectivity index (χ0v) is 14.1. The molecular weight excluding hydrogens is 298 g/mol. The minimum atomic E-state index is 0.849. The zero-order valence-electron chi connectivity index (χ0n) is 12.5. The Morgan fingerprint density at radius 3 is 3.00 bits per heavy atom. The molecule has 0 aliphatic heterocycles. The Labute approximate surface area is 133 Å². The number of imidazole rings is 1. The fraction of sp³-hybridized carbons (Fsp3) is 0.312. The molecule has 0 aliphatic carbocycles. The molecule has 2 heterocycles. The van der Waals surface area contributed by atoms with Gasteiger partial charge < -0.3 is 5.32 Å². The summed E-state index contributed by atoms with van der Waals surface area (Å²) in [6.07, 6.45) is 2.10. The lowest BCUT2D eigenvalue weighted by Gasteiger charge is -2.07. The molecule has 0 atom stereocenters. The van der Waals surface area contributed by atoms with E-state index in [0.717, 1.165) is 23.1 Å². The maximum Gasteiger partial charge on any atom is 0.194 e. The molecule has 0 spiro atoms. The van der Waals surface area contributed by atoms with Crippen LogP contribution in [-0.2, 0) is 6.54 Å². The minimum Gasteiger partial charge on any atom is -0.311 e. The van der Waals surface area contributed by atoms with Crippen LogP contribution in [-0.4, -0.2) is 15.9 Å². The fourth-order valence-electron chi connectivity index (χ4n) is 2.22. The molecule has 0 unspecified atom stereocenters. The molecule has 2 aromatic heterocycles. The topological polar surface area (TPSA) is 29.3 Å². The Bertz CT molecular complexity index is 758. The van der Waals surface area contributed by atoms with E-state index in [1.54, 1.807) is 23.1 Å². The summed E-state index contributed by atoms with van der Waals surface area (Å²) in [6.45, 7) is 8.23. The maximum atomic E-state index is 4.80. The highest BCUT2D eigenvalue weighted by Crippen LogP contribution is 2.34. The molecular formula is C16H19N3S2. The van der Waals surface area contributed by atoms with Crippen LogP contribution in [0.4, 0.5) is 0 Å². The molecule has 1 aromatic carbocycles. The van der Waals surface area contributed by atoms with Gasteiger partial charge in [0.15, 0.2) is 4.96 Å². The van der Waals surface area contributed by atoms with Gasteiger partial charge in [0, 0.05) is 23.0 Å². The van der Waals surface area contributed by atoms with Crippen LogP contribution in [0.15, 0.2) is 39.7 Å². The second kappa shape index (κ2) is 6.22. The number of thiazole rings is 1. The molecule has 3 rings (SSSR count). The van der Waals surface area contributed by atoms with Gasteiger partial charge in [0.2, 0.25) is 0 Å². The van der Waals surface area contributed by atoms with Crippen LogP contribution in [0.2, 0.25) is 0 Å². The maximum absolute atomic E-state index is 4.80. The van der Waals surface area contributed by atoms with Crippen molar-refractivity contribution in [2.45, 2.75) is 37.2 Å². The normalized spacial score (nSPS) is 11.4. The zero-order chi connectivity index (χ0) is 14.8.